The number of amides is 1. The third-order valence-corrected chi connectivity index (χ3v) is 6.67. The molecule has 2 heterocycles. The highest BCUT2D eigenvalue weighted by Gasteiger charge is 2.25. The lowest BCUT2D eigenvalue weighted by molar-refractivity contribution is 0.103. The van der Waals surface area contributed by atoms with Gasteiger partial charge in [0, 0.05) is 27.3 Å². The van der Waals surface area contributed by atoms with Crippen LogP contribution in [0.25, 0.3) is 0 Å². The number of thiophene rings is 1. The standard InChI is InChI=1S/C11H13BrN4O3S2/c1-15(2)21(18,19)9-4-8(20-10(9)12)11(17)14-7-5-13-16(3)6-7/h4-6H,1-3H3,(H,14,17). The van der Waals surface area contributed by atoms with Crippen molar-refractivity contribution in [1.82, 2.24) is 14.1 Å². The van der Waals surface area contributed by atoms with Crippen molar-refractivity contribution < 1.29 is 13.2 Å². The van der Waals surface area contributed by atoms with E-state index in [9.17, 15) is 13.2 Å². The highest BCUT2D eigenvalue weighted by Crippen LogP contribution is 2.33. The second-order valence-corrected chi connectivity index (χ2v) is 8.88. The van der Waals surface area contributed by atoms with Crippen LogP contribution in [0.3, 0.4) is 0 Å². The van der Waals surface area contributed by atoms with Gasteiger partial charge in [-0.2, -0.15) is 5.10 Å². The highest BCUT2D eigenvalue weighted by atomic mass is 79.9. The molecule has 0 aliphatic rings. The smallest absolute Gasteiger partial charge is 0.265 e. The van der Waals surface area contributed by atoms with Gasteiger partial charge in [-0.3, -0.25) is 9.48 Å². The SMILES string of the molecule is CN(C)S(=O)(=O)c1cc(C(=O)Nc2cnn(C)c2)sc1Br. The van der Waals surface area contributed by atoms with Gasteiger partial charge in [0.15, 0.2) is 0 Å². The monoisotopic (exact) mass is 392 g/mol. The van der Waals surface area contributed by atoms with Crippen molar-refractivity contribution in [2.75, 3.05) is 19.4 Å². The lowest BCUT2D eigenvalue weighted by atomic mass is 10.4. The number of aromatic nitrogens is 2. The minimum absolute atomic E-state index is 0.0776. The fourth-order valence-corrected chi connectivity index (χ4v) is 4.82. The molecule has 0 unspecified atom stereocenters. The van der Waals surface area contributed by atoms with Crippen molar-refractivity contribution >= 4 is 48.9 Å². The number of carbonyl (C=O) groups is 1. The Labute approximate surface area is 134 Å². The first-order valence-corrected chi connectivity index (χ1v) is 8.78. The predicted molar refractivity (Wildman–Crippen MR) is 84.1 cm³/mol. The molecule has 0 atom stereocenters. The highest BCUT2D eigenvalue weighted by molar-refractivity contribution is 9.11. The second kappa shape index (κ2) is 5.87. The van der Waals surface area contributed by atoms with E-state index in [2.05, 4.69) is 26.3 Å². The number of halogens is 1. The molecule has 2 aromatic rings. The number of hydrogen-bond acceptors (Lipinski definition) is 5. The van der Waals surface area contributed by atoms with Gasteiger partial charge in [0.2, 0.25) is 10.0 Å². The van der Waals surface area contributed by atoms with Gasteiger partial charge in [0.25, 0.3) is 5.91 Å². The summed E-state index contributed by atoms with van der Waals surface area (Å²) < 4.78 is 27.3. The normalized spacial score (nSPS) is 11.9. The molecule has 0 spiro atoms. The second-order valence-electron chi connectivity index (χ2n) is 4.39. The van der Waals surface area contributed by atoms with E-state index in [0.29, 0.717) is 14.4 Å². The maximum absolute atomic E-state index is 12.1. The van der Waals surface area contributed by atoms with Crippen molar-refractivity contribution in [2.24, 2.45) is 7.05 Å². The maximum Gasteiger partial charge on any atom is 0.265 e. The Balaban J connectivity index is 2.28. The average molecular weight is 393 g/mol. The van der Waals surface area contributed by atoms with Crippen LogP contribution in [0.15, 0.2) is 27.1 Å². The number of sulfonamides is 1. The van der Waals surface area contributed by atoms with Crippen LogP contribution in [0.1, 0.15) is 9.67 Å². The van der Waals surface area contributed by atoms with Crippen molar-refractivity contribution in [1.29, 1.82) is 0 Å². The lowest BCUT2D eigenvalue weighted by Gasteiger charge is -2.09. The minimum atomic E-state index is -3.59. The van der Waals surface area contributed by atoms with Crippen LogP contribution >= 0.6 is 27.3 Å². The van der Waals surface area contributed by atoms with Gasteiger partial charge in [-0.15, -0.1) is 11.3 Å². The molecule has 0 aromatic carbocycles. The molecule has 0 saturated carbocycles. The third-order valence-electron chi connectivity index (χ3n) is 2.60. The van der Waals surface area contributed by atoms with Crippen molar-refractivity contribution in [3.63, 3.8) is 0 Å². The molecular formula is C11H13BrN4O3S2. The molecule has 0 saturated heterocycles. The van der Waals surface area contributed by atoms with Crippen molar-refractivity contribution in [3.05, 3.63) is 27.1 Å². The van der Waals surface area contributed by atoms with Gasteiger partial charge in [-0.1, -0.05) is 0 Å². The van der Waals surface area contributed by atoms with Gasteiger partial charge < -0.3 is 5.32 Å². The number of anilines is 1. The Morgan fingerprint density at radius 3 is 2.67 bits per heavy atom. The maximum atomic E-state index is 12.1. The van der Waals surface area contributed by atoms with E-state index in [1.807, 2.05) is 0 Å². The van der Waals surface area contributed by atoms with Crippen LogP contribution < -0.4 is 5.32 Å². The van der Waals surface area contributed by atoms with Gasteiger partial charge >= 0.3 is 0 Å². The molecular weight excluding hydrogens is 380 g/mol. The first kappa shape index (κ1) is 16.1. The quantitative estimate of drug-likeness (QED) is 0.858. The number of aryl methyl sites for hydroxylation is 1. The summed E-state index contributed by atoms with van der Waals surface area (Å²) in [7, 11) is 1.03. The van der Waals surface area contributed by atoms with Gasteiger partial charge in [0.1, 0.15) is 4.90 Å². The molecule has 2 rings (SSSR count). The first-order valence-electron chi connectivity index (χ1n) is 5.73. The van der Waals surface area contributed by atoms with Crippen LogP contribution in [0, 0.1) is 0 Å². The Morgan fingerprint density at radius 2 is 2.14 bits per heavy atom. The number of nitrogens with zero attached hydrogens (tertiary/aromatic N) is 3. The number of carbonyl (C=O) groups excluding carboxylic acids is 1. The fourth-order valence-electron chi connectivity index (χ4n) is 1.52. The van der Waals surface area contributed by atoms with Gasteiger partial charge in [-0.05, 0) is 22.0 Å². The molecule has 0 radical (unpaired) electrons. The zero-order valence-electron chi connectivity index (χ0n) is 11.5. The van der Waals surface area contributed by atoms with E-state index >= 15 is 0 Å². The largest absolute Gasteiger partial charge is 0.319 e. The molecule has 0 aliphatic heterocycles. The molecule has 1 amide bonds. The predicted octanol–water partition coefficient (Wildman–Crippen LogP) is 1.75. The van der Waals surface area contributed by atoms with E-state index in [1.165, 1.54) is 26.4 Å². The molecule has 0 bridgehead atoms. The van der Waals surface area contributed by atoms with E-state index < -0.39 is 10.0 Å². The molecule has 21 heavy (non-hydrogen) atoms. The van der Waals surface area contributed by atoms with E-state index in [0.717, 1.165) is 15.6 Å². The summed E-state index contributed by atoms with van der Waals surface area (Å²) in [6.07, 6.45) is 3.16. The molecule has 2 aromatic heterocycles. The number of hydrogen-bond donors (Lipinski definition) is 1. The summed E-state index contributed by atoms with van der Waals surface area (Å²) in [5.41, 5.74) is 0.545. The van der Waals surface area contributed by atoms with Crippen LogP contribution in [-0.2, 0) is 17.1 Å². The summed E-state index contributed by atoms with van der Waals surface area (Å²) in [6, 6.07) is 1.36. The average Bonchev–Trinajstić information content (AvgIpc) is 2.95. The molecule has 1 N–H and O–H groups in total. The molecule has 7 nitrogen and oxygen atoms in total. The molecule has 114 valence electrons. The summed E-state index contributed by atoms with van der Waals surface area (Å²) in [5.74, 6) is -0.381. The summed E-state index contributed by atoms with van der Waals surface area (Å²) in [4.78, 5) is 12.5. The number of rotatable bonds is 4. The van der Waals surface area contributed by atoms with Crippen molar-refractivity contribution in [2.45, 2.75) is 4.90 Å². The Morgan fingerprint density at radius 1 is 1.48 bits per heavy atom. The first-order chi connectivity index (χ1) is 9.71. The zero-order valence-corrected chi connectivity index (χ0v) is 14.7. The third kappa shape index (κ3) is 3.34. The van der Waals surface area contributed by atoms with E-state index in [4.69, 9.17) is 0 Å². The van der Waals surface area contributed by atoms with Crippen LogP contribution in [0.4, 0.5) is 5.69 Å². The topological polar surface area (TPSA) is 84.3 Å². The lowest BCUT2D eigenvalue weighted by Crippen LogP contribution is -2.22. The summed E-state index contributed by atoms with van der Waals surface area (Å²) >= 11 is 4.26. The van der Waals surface area contributed by atoms with Crippen molar-refractivity contribution in [3.8, 4) is 0 Å². The summed E-state index contributed by atoms with van der Waals surface area (Å²) in [5, 5.41) is 6.60. The van der Waals surface area contributed by atoms with Gasteiger partial charge in [0.05, 0.1) is 20.5 Å². The Kier molecular flexibility index (Phi) is 4.51. The van der Waals surface area contributed by atoms with Crippen LogP contribution in [0.2, 0.25) is 0 Å². The molecule has 10 heteroatoms. The Bertz CT molecular complexity index is 779. The van der Waals surface area contributed by atoms with Gasteiger partial charge in [-0.25, -0.2) is 12.7 Å². The van der Waals surface area contributed by atoms with Crippen LogP contribution in [0.5, 0.6) is 0 Å². The fraction of sp³-hybridized carbons (Fsp3) is 0.273. The minimum Gasteiger partial charge on any atom is -0.319 e. The van der Waals surface area contributed by atoms with E-state index in [-0.39, 0.29) is 10.8 Å². The molecule has 0 fully saturated rings. The van der Waals surface area contributed by atoms with Crippen LogP contribution in [-0.4, -0.2) is 42.5 Å². The molecule has 0 aliphatic carbocycles. The zero-order chi connectivity index (χ0) is 15.8. The van der Waals surface area contributed by atoms with E-state index in [1.54, 1.807) is 17.9 Å². The number of nitrogens with one attached hydrogen (secondary N) is 1. The summed E-state index contributed by atoms with van der Waals surface area (Å²) in [6.45, 7) is 0. The Hall–Kier alpha value is -1.23.